The molecule has 0 aromatic heterocycles. The Kier molecular flexibility index (Phi) is 3.51. The Bertz CT molecular complexity index is 528. The van der Waals surface area contributed by atoms with Gasteiger partial charge in [0.2, 0.25) is 0 Å². The van der Waals surface area contributed by atoms with Gasteiger partial charge in [-0.3, -0.25) is 4.79 Å². The van der Waals surface area contributed by atoms with E-state index in [1.165, 1.54) is 24.8 Å². The van der Waals surface area contributed by atoms with E-state index >= 15 is 0 Å². The Morgan fingerprint density at radius 2 is 2.00 bits per heavy atom. The highest BCUT2D eigenvalue weighted by atomic mass is 35.5. The normalized spacial score (nSPS) is 50.9. The van der Waals surface area contributed by atoms with Gasteiger partial charge in [-0.1, -0.05) is 12.5 Å². The van der Waals surface area contributed by atoms with E-state index < -0.39 is 0 Å². The quantitative estimate of drug-likeness (QED) is 0.738. The summed E-state index contributed by atoms with van der Waals surface area (Å²) in [6.45, 7) is 2.31. The van der Waals surface area contributed by atoms with Gasteiger partial charge in [-0.25, -0.2) is 0 Å². The summed E-state index contributed by atoms with van der Waals surface area (Å²) < 4.78 is 0. The van der Waals surface area contributed by atoms with Crippen LogP contribution in [0.15, 0.2) is 11.6 Å². The fourth-order valence-electron chi connectivity index (χ4n) is 6.58. The third-order valence-corrected chi connectivity index (χ3v) is 8.35. The van der Waals surface area contributed by atoms with Crippen LogP contribution in [0.1, 0.15) is 58.3 Å². The van der Waals surface area contributed by atoms with Crippen molar-refractivity contribution in [2.24, 2.45) is 28.6 Å². The van der Waals surface area contributed by atoms with Gasteiger partial charge < -0.3 is 5.11 Å². The first-order valence-electron chi connectivity index (χ1n) is 8.99. The monoisotopic (exact) mass is 322 g/mol. The fourth-order valence-corrected chi connectivity index (χ4v) is 7.09. The van der Waals surface area contributed by atoms with E-state index in [1.807, 2.05) is 6.08 Å². The molecule has 3 heteroatoms. The van der Waals surface area contributed by atoms with Crippen LogP contribution in [0, 0.1) is 28.6 Å². The minimum atomic E-state index is -0.115. The molecule has 0 amide bonds. The molecule has 4 aliphatic rings. The molecule has 0 spiro atoms. The van der Waals surface area contributed by atoms with Crippen molar-refractivity contribution in [3.63, 3.8) is 0 Å². The van der Waals surface area contributed by atoms with Crippen LogP contribution in [0.4, 0.5) is 0 Å². The summed E-state index contributed by atoms with van der Waals surface area (Å²) in [5, 5.41) is 10.5. The average molecular weight is 323 g/mol. The zero-order valence-corrected chi connectivity index (χ0v) is 14.2. The van der Waals surface area contributed by atoms with Crippen molar-refractivity contribution in [2.75, 3.05) is 5.88 Å². The lowest BCUT2D eigenvalue weighted by Gasteiger charge is -2.58. The van der Waals surface area contributed by atoms with Gasteiger partial charge in [-0.2, -0.15) is 0 Å². The molecule has 0 aromatic rings. The molecular formula is C19H27ClO2. The first-order valence-corrected chi connectivity index (χ1v) is 9.52. The van der Waals surface area contributed by atoms with E-state index in [-0.39, 0.29) is 16.9 Å². The molecule has 0 radical (unpaired) electrons. The molecule has 3 saturated carbocycles. The van der Waals surface area contributed by atoms with Crippen molar-refractivity contribution < 1.29 is 9.90 Å². The second-order valence-corrected chi connectivity index (χ2v) is 8.75. The maximum atomic E-state index is 11.9. The highest BCUT2D eigenvalue weighted by Gasteiger charge is 2.59. The first-order chi connectivity index (χ1) is 10.5. The molecule has 122 valence electrons. The average Bonchev–Trinajstić information content (AvgIpc) is 2.82. The van der Waals surface area contributed by atoms with Gasteiger partial charge in [0.1, 0.15) is 0 Å². The molecule has 0 heterocycles. The summed E-state index contributed by atoms with van der Waals surface area (Å²) in [5.74, 6) is 2.94. The number of halogens is 1. The number of carbonyl (C=O) groups excluding carboxylic acids is 1. The predicted molar refractivity (Wildman–Crippen MR) is 87.8 cm³/mol. The second kappa shape index (κ2) is 5.08. The summed E-state index contributed by atoms with van der Waals surface area (Å²) in [4.78, 5) is 11.9. The van der Waals surface area contributed by atoms with E-state index in [2.05, 4.69) is 6.92 Å². The predicted octanol–water partition coefficient (Wildman–Crippen LogP) is 4.10. The zero-order chi connectivity index (χ0) is 15.5. The third-order valence-electron chi connectivity index (χ3n) is 7.87. The van der Waals surface area contributed by atoms with Crippen LogP contribution < -0.4 is 0 Å². The van der Waals surface area contributed by atoms with Crippen molar-refractivity contribution >= 4 is 17.4 Å². The molecule has 2 nitrogen and oxygen atoms in total. The smallest absolute Gasteiger partial charge is 0.155 e. The highest BCUT2D eigenvalue weighted by Crippen LogP contribution is 2.65. The van der Waals surface area contributed by atoms with Gasteiger partial charge in [0.25, 0.3) is 0 Å². The molecule has 22 heavy (non-hydrogen) atoms. The number of fused-ring (bicyclic) bond motifs is 5. The van der Waals surface area contributed by atoms with Gasteiger partial charge in [-0.05, 0) is 74.2 Å². The molecule has 0 saturated heterocycles. The third kappa shape index (κ3) is 1.86. The van der Waals surface area contributed by atoms with Crippen LogP contribution in [0.3, 0.4) is 0 Å². The van der Waals surface area contributed by atoms with Gasteiger partial charge in [0, 0.05) is 17.7 Å². The molecule has 0 aliphatic heterocycles. The second-order valence-electron chi connectivity index (χ2n) is 8.48. The van der Waals surface area contributed by atoms with Crippen LogP contribution in [0.25, 0.3) is 0 Å². The molecular weight excluding hydrogens is 296 g/mol. The van der Waals surface area contributed by atoms with Gasteiger partial charge in [0.05, 0.1) is 6.10 Å². The summed E-state index contributed by atoms with van der Waals surface area (Å²) >= 11 is 6.52. The van der Waals surface area contributed by atoms with Gasteiger partial charge in [0.15, 0.2) is 5.78 Å². The van der Waals surface area contributed by atoms with E-state index in [0.29, 0.717) is 35.8 Å². The maximum Gasteiger partial charge on any atom is 0.155 e. The van der Waals surface area contributed by atoms with Crippen LogP contribution in [-0.4, -0.2) is 22.9 Å². The SMILES string of the molecule is C[C@]12CC[C@H]3[C@@H](CCC4=CC(=O)CC[C@@]43CCl)[C@@H]1CC[C@@H]2O. The molecule has 0 bridgehead atoms. The van der Waals surface area contributed by atoms with E-state index in [4.69, 9.17) is 11.6 Å². The molecule has 0 aromatic carbocycles. The van der Waals surface area contributed by atoms with Crippen LogP contribution in [0.2, 0.25) is 0 Å². The van der Waals surface area contributed by atoms with Gasteiger partial charge in [-0.15, -0.1) is 11.6 Å². The highest BCUT2D eigenvalue weighted by molar-refractivity contribution is 6.18. The van der Waals surface area contributed by atoms with Crippen molar-refractivity contribution in [1.82, 2.24) is 0 Å². The minimum Gasteiger partial charge on any atom is -0.393 e. The number of ketones is 1. The number of hydrogen-bond donors (Lipinski definition) is 1. The lowest BCUT2D eigenvalue weighted by atomic mass is 9.47. The number of allylic oxidation sites excluding steroid dienone is 1. The van der Waals surface area contributed by atoms with Crippen molar-refractivity contribution in [3.8, 4) is 0 Å². The largest absolute Gasteiger partial charge is 0.393 e. The number of aliphatic hydroxyl groups is 1. The van der Waals surface area contributed by atoms with E-state index in [9.17, 15) is 9.90 Å². The van der Waals surface area contributed by atoms with E-state index in [1.54, 1.807) is 0 Å². The fraction of sp³-hybridized carbons (Fsp3) is 0.842. The number of rotatable bonds is 1. The summed E-state index contributed by atoms with van der Waals surface area (Å²) in [5.41, 5.74) is 1.55. The minimum absolute atomic E-state index is 0.0766. The summed E-state index contributed by atoms with van der Waals surface area (Å²) in [6, 6.07) is 0. The molecule has 6 atom stereocenters. The first kappa shape index (κ1) is 15.2. The molecule has 4 rings (SSSR count). The van der Waals surface area contributed by atoms with Gasteiger partial charge >= 0.3 is 0 Å². The summed E-state index contributed by atoms with van der Waals surface area (Å²) in [6.07, 6.45) is 10.1. The number of hydrogen-bond acceptors (Lipinski definition) is 2. The standard InChI is InChI=1S/C19H27ClO2/c1-18-8-7-16-14(15(18)4-5-17(18)22)3-2-12-10-13(21)6-9-19(12,16)11-20/h10,14-17,22H,2-9,11H2,1H3/t14-,15-,16-,17-,18-,19+/m0/s1. The molecule has 1 N–H and O–H groups in total. The van der Waals surface area contributed by atoms with Crippen molar-refractivity contribution in [3.05, 3.63) is 11.6 Å². The Labute approximate surface area is 138 Å². The Morgan fingerprint density at radius 1 is 1.18 bits per heavy atom. The van der Waals surface area contributed by atoms with Crippen LogP contribution in [0.5, 0.6) is 0 Å². The van der Waals surface area contributed by atoms with Crippen LogP contribution >= 0.6 is 11.6 Å². The number of aliphatic hydroxyl groups excluding tert-OH is 1. The Hall–Kier alpha value is -0.340. The maximum absolute atomic E-state index is 11.9. The Morgan fingerprint density at radius 3 is 2.77 bits per heavy atom. The molecule has 3 fully saturated rings. The topological polar surface area (TPSA) is 37.3 Å². The number of alkyl halides is 1. The van der Waals surface area contributed by atoms with Crippen molar-refractivity contribution in [2.45, 2.75) is 64.4 Å². The molecule has 4 aliphatic carbocycles. The van der Waals surface area contributed by atoms with Crippen molar-refractivity contribution in [1.29, 1.82) is 0 Å². The molecule has 0 unspecified atom stereocenters. The lowest BCUT2D eigenvalue weighted by Crippen LogP contribution is -2.52. The summed E-state index contributed by atoms with van der Waals surface area (Å²) in [7, 11) is 0. The lowest BCUT2D eigenvalue weighted by molar-refractivity contribution is -0.117. The number of carbonyl (C=O) groups is 1. The van der Waals surface area contributed by atoms with Crippen LogP contribution in [-0.2, 0) is 4.79 Å². The zero-order valence-electron chi connectivity index (χ0n) is 13.5. The van der Waals surface area contributed by atoms with E-state index in [0.717, 1.165) is 25.7 Å². The Balaban J connectivity index is 1.71.